The minimum atomic E-state index is 0.841. The lowest BCUT2D eigenvalue weighted by atomic mass is 10.1. The van der Waals surface area contributed by atoms with Gasteiger partial charge in [0.15, 0.2) is 0 Å². The maximum absolute atomic E-state index is 4.22. The van der Waals surface area contributed by atoms with Crippen LogP contribution < -0.4 is 5.32 Å². The second-order valence-electron chi connectivity index (χ2n) is 4.28. The van der Waals surface area contributed by atoms with E-state index in [1.807, 2.05) is 36.4 Å². The van der Waals surface area contributed by atoms with E-state index in [1.54, 1.807) is 0 Å². The number of pyridine rings is 1. The molecule has 0 saturated carbocycles. The zero-order valence-corrected chi connectivity index (χ0v) is 10.6. The topological polar surface area (TPSA) is 42.7 Å². The Morgan fingerprint density at radius 3 is 2.59 bits per heavy atom. The van der Waals surface area contributed by atoms with Crippen molar-refractivity contribution in [1.82, 2.24) is 20.1 Å². The molecule has 2 aromatic rings. The van der Waals surface area contributed by atoms with Crippen LogP contribution in [0, 0.1) is 13.8 Å². The Bertz CT molecular complexity index is 502. The Kier molecular flexibility index (Phi) is 3.54. The average molecular weight is 230 g/mol. The normalized spacial score (nSPS) is 10.8. The van der Waals surface area contributed by atoms with Crippen LogP contribution in [0.25, 0.3) is 0 Å². The van der Waals surface area contributed by atoms with Gasteiger partial charge in [0.2, 0.25) is 0 Å². The molecule has 0 bridgehead atoms. The first kappa shape index (κ1) is 11.8. The van der Waals surface area contributed by atoms with Gasteiger partial charge < -0.3 is 5.32 Å². The third-order valence-electron chi connectivity index (χ3n) is 3.12. The molecule has 0 aliphatic carbocycles. The van der Waals surface area contributed by atoms with Gasteiger partial charge in [0, 0.05) is 43.8 Å². The van der Waals surface area contributed by atoms with Gasteiger partial charge in [-0.25, -0.2) is 0 Å². The van der Waals surface area contributed by atoms with Crippen molar-refractivity contribution in [2.45, 2.75) is 26.9 Å². The molecule has 0 aromatic carbocycles. The highest BCUT2D eigenvalue weighted by molar-refractivity contribution is 5.21. The molecule has 2 rings (SSSR count). The molecule has 90 valence electrons. The maximum atomic E-state index is 4.22. The minimum absolute atomic E-state index is 0.841. The van der Waals surface area contributed by atoms with Gasteiger partial charge >= 0.3 is 0 Å². The number of aryl methyl sites for hydroxylation is 2. The molecular formula is C13H18N4. The highest BCUT2D eigenvalue weighted by Crippen LogP contribution is 2.07. The minimum Gasteiger partial charge on any atom is -0.308 e. The van der Waals surface area contributed by atoms with E-state index >= 15 is 0 Å². The monoisotopic (exact) mass is 230 g/mol. The summed E-state index contributed by atoms with van der Waals surface area (Å²) in [4.78, 5) is 4.14. The first-order chi connectivity index (χ1) is 8.18. The molecule has 1 N–H and O–H groups in total. The molecule has 0 atom stereocenters. The summed E-state index contributed by atoms with van der Waals surface area (Å²) in [5, 5.41) is 7.64. The Balaban J connectivity index is 1.92. The maximum Gasteiger partial charge on any atom is 0.0537 e. The van der Waals surface area contributed by atoms with Crippen molar-refractivity contribution in [3.63, 3.8) is 0 Å². The molecule has 17 heavy (non-hydrogen) atoms. The second-order valence-corrected chi connectivity index (χ2v) is 4.28. The standard InChI is InChI=1S/C13H18N4/c1-10-4-5-14-6-12(10)7-15-8-13-9-16-17(3)11(13)2/h4-6,9,15H,7-8H2,1-3H3. The van der Waals surface area contributed by atoms with Gasteiger partial charge in [-0.15, -0.1) is 0 Å². The van der Waals surface area contributed by atoms with E-state index in [1.165, 1.54) is 22.4 Å². The molecule has 0 amide bonds. The summed E-state index contributed by atoms with van der Waals surface area (Å²) in [6.07, 6.45) is 5.65. The van der Waals surface area contributed by atoms with Crippen LogP contribution in [0.1, 0.15) is 22.4 Å². The van der Waals surface area contributed by atoms with Crippen LogP contribution in [0.4, 0.5) is 0 Å². The van der Waals surface area contributed by atoms with E-state index in [-0.39, 0.29) is 0 Å². The summed E-state index contributed by atoms with van der Waals surface area (Å²) in [6.45, 7) is 5.87. The molecule has 2 heterocycles. The van der Waals surface area contributed by atoms with Crippen LogP contribution in [0.3, 0.4) is 0 Å². The quantitative estimate of drug-likeness (QED) is 0.869. The van der Waals surface area contributed by atoms with Gasteiger partial charge in [-0.3, -0.25) is 9.67 Å². The molecule has 0 unspecified atom stereocenters. The van der Waals surface area contributed by atoms with Crippen LogP contribution in [0.2, 0.25) is 0 Å². The van der Waals surface area contributed by atoms with Gasteiger partial charge in [-0.1, -0.05) is 0 Å². The van der Waals surface area contributed by atoms with Gasteiger partial charge in [0.1, 0.15) is 0 Å². The summed E-state index contributed by atoms with van der Waals surface area (Å²) in [5.74, 6) is 0. The fraction of sp³-hybridized carbons (Fsp3) is 0.385. The average Bonchev–Trinajstić information content (AvgIpc) is 2.63. The molecule has 0 saturated heterocycles. The van der Waals surface area contributed by atoms with Gasteiger partial charge in [0.05, 0.1) is 6.20 Å². The number of hydrogen-bond donors (Lipinski definition) is 1. The Morgan fingerprint density at radius 2 is 1.94 bits per heavy atom. The smallest absolute Gasteiger partial charge is 0.0537 e. The molecule has 0 spiro atoms. The summed E-state index contributed by atoms with van der Waals surface area (Å²) in [6, 6.07) is 2.03. The lowest BCUT2D eigenvalue weighted by molar-refractivity contribution is 0.680. The third kappa shape index (κ3) is 2.71. The Morgan fingerprint density at radius 1 is 1.18 bits per heavy atom. The van der Waals surface area contributed by atoms with Crippen molar-refractivity contribution < 1.29 is 0 Å². The van der Waals surface area contributed by atoms with E-state index in [2.05, 4.69) is 29.2 Å². The summed E-state index contributed by atoms with van der Waals surface area (Å²) < 4.78 is 1.90. The Hall–Kier alpha value is -1.68. The molecule has 0 aliphatic rings. The molecule has 2 aromatic heterocycles. The number of hydrogen-bond acceptors (Lipinski definition) is 3. The lowest BCUT2D eigenvalue weighted by Crippen LogP contribution is -2.14. The summed E-state index contributed by atoms with van der Waals surface area (Å²) in [5.41, 5.74) is 4.97. The molecule has 4 heteroatoms. The first-order valence-electron chi connectivity index (χ1n) is 5.76. The van der Waals surface area contributed by atoms with Crippen LogP contribution in [-0.2, 0) is 20.1 Å². The molecule has 0 fully saturated rings. The van der Waals surface area contributed by atoms with Crippen LogP contribution in [0.15, 0.2) is 24.7 Å². The van der Waals surface area contributed by atoms with E-state index < -0.39 is 0 Å². The highest BCUT2D eigenvalue weighted by Gasteiger charge is 2.03. The van der Waals surface area contributed by atoms with Gasteiger partial charge in [-0.05, 0) is 31.0 Å². The van der Waals surface area contributed by atoms with Gasteiger partial charge in [0.25, 0.3) is 0 Å². The van der Waals surface area contributed by atoms with Crippen molar-refractivity contribution >= 4 is 0 Å². The largest absolute Gasteiger partial charge is 0.308 e. The van der Waals surface area contributed by atoms with Crippen LogP contribution in [0.5, 0.6) is 0 Å². The van der Waals surface area contributed by atoms with E-state index in [0.717, 1.165) is 13.1 Å². The molecule has 0 aliphatic heterocycles. The SMILES string of the molecule is Cc1ccncc1CNCc1cnn(C)c1C. The Labute approximate surface area is 102 Å². The number of rotatable bonds is 4. The third-order valence-corrected chi connectivity index (χ3v) is 3.12. The van der Waals surface area contributed by atoms with Gasteiger partial charge in [-0.2, -0.15) is 5.10 Å². The first-order valence-corrected chi connectivity index (χ1v) is 5.76. The zero-order chi connectivity index (χ0) is 12.3. The highest BCUT2D eigenvalue weighted by atomic mass is 15.3. The van der Waals surface area contributed by atoms with Crippen molar-refractivity contribution in [2.75, 3.05) is 0 Å². The number of nitrogens with one attached hydrogen (secondary N) is 1. The van der Waals surface area contributed by atoms with E-state index in [4.69, 9.17) is 0 Å². The van der Waals surface area contributed by atoms with E-state index in [0.29, 0.717) is 0 Å². The molecular weight excluding hydrogens is 212 g/mol. The number of nitrogens with zero attached hydrogens (tertiary/aromatic N) is 3. The predicted molar refractivity (Wildman–Crippen MR) is 67.5 cm³/mol. The zero-order valence-electron chi connectivity index (χ0n) is 10.6. The predicted octanol–water partition coefficient (Wildman–Crippen LogP) is 1.72. The van der Waals surface area contributed by atoms with Crippen molar-refractivity contribution in [3.8, 4) is 0 Å². The fourth-order valence-corrected chi connectivity index (χ4v) is 1.73. The van der Waals surface area contributed by atoms with Crippen molar-refractivity contribution in [3.05, 3.63) is 47.0 Å². The van der Waals surface area contributed by atoms with Crippen molar-refractivity contribution in [1.29, 1.82) is 0 Å². The summed E-state index contributed by atoms with van der Waals surface area (Å²) in [7, 11) is 1.96. The second kappa shape index (κ2) is 5.10. The van der Waals surface area contributed by atoms with Crippen LogP contribution >= 0.6 is 0 Å². The van der Waals surface area contributed by atoms with Crippen molar-refractivity contribution in [2.24, 2.45) is 7.05 Å². The fourth-order valence-electron chi connectivity index (χ4n) is 1.73. The summed E-state index contributed by atoms with van der Waals surface area (Å²) >= 11 is 0. The lowest BCUT2D eigenvalue weighted by Gasteiger charge is -2.06. The van der Waals surface area contributed by atoms with Crippen LogP contribution in [-0.4, -0.2) is 14.8 Å². The molecule has 4 nitrogen and oxygen atoms in total. The van der Waals surface area contributed by atoms with E-state index in [9.17, 15) is 0 Å². The molecule has 0 radical (unpaired) electrons. The number of aromatic nitrogens is 3.